The number of guanidine groups is 1. The molecule has 1 fully saturated rings. The van der Waals surface area contributed by atoms with Crippen molar-refractivity contribution in [3.8, 4) is 0 Å². The third-order valence-corrected chi connectivity index (χ3v) is 5.49. The van der Waals surface area contributed by atoms with Gasteiger partial charge in [-0.3, -0.25) is 0 Å². The first-order valence-electron chi connectivity index (χ1n) is 10.8. The highest BCUT2D eigenvalue weighted by atomic mass is 127. The fourth-order valence-electron chi connectivity index (χ4n) is 3.67. The maximum atomic E-state index is 9.30. The summed E-state index contributed by atoms with van der Waals surface area (Å²) in [5.41, 5.74) is 3.80. The number of nitrogens with one attached hydrogen (secondary N) is 2. The van der Waals surface area contributed by atoms with Gasteiger partial charge in [0.25, 0.3) is 0 Å². The summed E-state index contributed by atoms with van der Waals surface area (Å²) in [6.07, 6.45) is 3.12. The monoisotopic (exact) mass is 522 g/mol. The van der Waals surface area contributed by atoms with Crippen molar-refractivity contribution in [2.45, 2.75) is 32.7 Å². The summed E-state index contributed by atoms with van der Waals surface area (Å²) < 4.78 is 0. The van der Waals surface area contributed by atoms with E-state index in [0.717, 1.165) is 51.4 Å². The van der Waals surface area contributed by atoms with Crippen LogP contribution >= 0.6 is 24.0 Å². The second-order valence-corrected chi connectivity index (χ2v) is 7.64. The molecule has 1 heterocycles. The third kappa shape index (κ3) is 7.80. The Morgan fingerprint density at radius 1 is 1.00 bits per heavy atom. The molecule has 0 radical (unpaired) electrons. The fraction of sp³-hybridized carbons (Fsp3) is 0.458. The summed E-state index contributed by atoms with van der Waals surface area (Å²) in [6.45, 7) is 6.82. The van der Waals surface area contributed by atoms with Crippen LogP contribution in [0.4, 0.5) is 5.69 Å². The van der Waals surface area contributed by atoms with E-state index >= 15 is 0 Å². The van der Waals surface area contributed by atoms with E-state index in [-0.39, 0.29) is 24.0 Å². The molecule has 1 saturated heterocycles. The molecule has 0 unspecified atom stereocenters. The number of benzene rings is 2. The summed E-state index contributed by atoms with van der Waals surface area (Å²) in [7, 11) is 0. The molecular weight excluding hydrogens is 487 g/mol. The molecule has 6 heteroatoms. The second kappa shape index (κ2) is 13.5. The van der Waals surface area contributed by atoms with Gasteiger partial charge < -0.3 is 20.6 Å². The van der Waals surface area contributed by atoms with E-state index in [2.05, 4.69) is 71.0 Å². The molecular formula is C24H35IN4O. The van der Waals surface area contributed by atoms with Crippen molar-refractivity contribution in [2.24, 2.45) is 10.9 Å². The summed E-state index contributed by atoms with van der Waals surface area (Å²) >= 11 is 0. The van der Waals surface area contributed by atoms with Gasteiger partial charge in [-0.05, 0) is 55.4 Å². The molecule has 0 saturated carbocycles. The van der Waals surface area contributed by atoms with Crippen LogP contribution in [0.2, 0.25) is 0 Å². The molecule has 0 atom stereocenters. The van der Waals surface area contributed by atoms with Crippen LogP contribution in [0.25, 0.3) is 0 Å². The Balaban J connectivity index is 0.00000320. The summed E-state index contributed by atoms with van der Waals surface area (Å²) in [5, 5.41) is 16.0. The summed E-state index contributed by atoms with van der Waals surface area (Å²) in [6, 6.07) is 19.2. The Morgan fingerprint density at radius 2 is 1.70 bits per heavy atom. The van der Waals surface area contributed by atoms with Gasteiger partial charge in [0.1, 0.15) is 0 Å². The van der Waals surface area contributed by atoms with Crippen molar-refractivity contribution < 1.29 is 5.11 Å². The van der Waals surface area contributed by atoms with Crippen LogP contribution in [0.5, 0.6) is 0 Å². The van der Waals surface area contributed by atoms with Crippen LogP contribution in [0, 0.1) is 5.92 Å². The third-order valence-electron chi connectivity index (χ3n) is 5.49. The van der Waals surface area contributed by atoms with E-state index in [1.54, 1.807) is 0 Å². The first-order chi connectivity index (χ1) is 14.3. The number of hydrogen-bond acceptors (Lipinski definition) is 3. The number of aliphatic imine (C=N–C) groups is 1. The minimum Gasteiger partial charge on any atom is -0.396 e. The molecule has 1 aliphatic rings. The van der Waals surface area contributed by atoms with Crippen molar-refractivity contribution >= 4 is 35.6 Å². The van der Waals surface area contributed by atoms with Crippen LogP contribution in [-0.2, 0) is 13.0 Å². The average Bonchev–Trinajstić information content (AvgIpc) is 2.78. The number of halogens is 1. The Kier molecular flexibility index (Phi) is 11.0. The number of rotatable bonds is 8. The van der Waals surface area contributed by atoms with Crippen LogP contribution in [0.1, 0.15) is 30.9 Å². The van der Waals surface area contributed by atoms with Crippen LogP contribution < -0.4 is 15.5 Å². The van der Waals surface area contributed by atoms with Crippen LogP contribution in [-0.4, -0.2) is 43.9 Å². The van der Waals surface area contributed by atoms with E-state index in [1.165, 1.54) is 16.8 Å². The lowest BCUT2D eigenvalue weighted by atomic mass is 9.97. The van der Waals surface area contributed by atoms with Crippen molar-refractivity contribution in [1.82, 2.24) is 10.6 Å². The van der Waals surface area contributed by atoms with E-state index in [9.17, 15) is 5.11 Å². The number of anilines is 1. The largest absolute Gasteiger partial charge is 0.396 e. The first-order valence-corrected chi connectivity index (χ1v) is 10.8. The zero-order valence-electron chi connectivity index (χ0n) is 17.9. The number of piperidine rings is 1. The molecule has 3 N–H and O–H groups in total. The number of aliphatic hydroxyl groups excluding tert-OH is 1. The van der Waals surface area contributed by atoms with Crippen molar-refractivity contribution in [2.75, 3.05) is 37.7 Å². The van der Waals surface area contributed by atoms with Crippen molar-refractivity contribution in [1.29, 1.82) is 0 Å². The molecule has 5 nitrogen and oxygen atoms in total. The highest BCUT2D eigenvalue weighted by Crippen LogP contribution is 2.23. The Labute approximate surface area is 198 Å². The van der Waals surface area contributed by atoms with E-state index in [4.69, 9.17) is 4.99 Å². The Morgan fingerprint density at radius 3 is 2.33 bits per heavy atom. The van der Waals surface area contributed by atoms with Gasteiger partial charge in [-0.1, -0.05) is 42.5 Å². The molecule has 0 aliphatic carbocycles. The number of aliphatic hydroxyl groups is 1. The van der Waals surface area contributed by atoms with Crippen LogP contribution in [0.15, 0.2) is 59.6 Å². The lowest BCUT2D eigenvalue weighted by molar-refractivity contribution is 0.203. The Bertz CT molecular complexity index is 744. The van der Waals surface area contributed by atoms with Gasteiger partial charge in [0.05, 0.1) is 6.54 Å². The van der Waals surface area contributed by atoms with E-state index in [1.807, 2.05) is 6.07 Å². The maximum Gasteiger partial charge on any atom is 0.191 e. The van der Waals surface area contributed by atoms with E-state index < -0.39 is 0 Å². The predicted molar refractivity (Wildman–Crippen MR) is 137 cm³/mol. The van der Waals surface area contributed by atoms with Gasteiger partial charge in [-0.2, -0.15) is 0 Å². The maximum absolute atomic E-state index is 9.30. The fourth-order valence-corrected chi connectivity index (χ4v) is 3.67. The molecule has 3 rings (SSSR count). The van der Waals surface area contributed by atoms with Gasteiger partial charge in [-0.25, -0.2) is 4.99 Å². The minimum absolute atomic E-state index is 0. The normalized spacial score (nSPS) is 14.9. The zero-order valence-corrected chi connectivity index (χ0v) is 20.2. The van der Waals surface area contributed by atoms with Gasteiger partial charge in [0.2, 0.25) is 0 Å². The highest BCUT2D eigenvalue weighted by molar-refractivity contribution is 14.0. The van der Waals surface area contributed by atoms with Gasteiger partial charge >= 0.3 is 0 Å². The molecule has 2 aromatic carbocycles. The highest BCUT2D eigenvalue weighted by Gasteiger charge is 2.18. The van der Waals surface area contributed by atoms with Gasteiger partial charge in [0.15, 0.2) is 5.96 Å². The molecule has 164 valence electrons. The zero-order chi connectivity index (χ0) is 20.3. The predicted octanol–water partition coefficient (Wildman–Crippen LogP) is 3.81. The topological polar surface area (TPSA) is 59.9 Å². The SMILES string of the molecule is CCNC(=NCc1ccc(N2CCC(CO)CC2)cc1)NCCc1ccccc1.I. The standard InChI is InChI=1S/C24H34N4O.HI/c1-2-25-24(26-15-12-20-6-4-3-5-7-20)27-18-21-8-10-23(11-9-21)28-16-13-22(19-29)14-17-28;/h3-11,22,29H,2,12-19H2,1H3,(H2,25,26,27);1H. The van der Waals surface area contributed by atoms with E-state index in [0.29, 0.717) is 19.1 Å². The van der Waals surface area contributed by atoms with Crippen molar-refractivity contribution in [3.63, 3.8) is 0 Å². The summed E-state index contributed by atoms with van der Waals surface area (Å²) in [5.74, 6) is 1.33. The van der Waals surface area contributed by atoms with Crippen molar-refractivity contribution in [3.05, 3.63) is 65.7 Å². The Hall–Kier alpha value is -1.80. The molecule has 0 amide bonds. The molecule has 30 heavy (non-hydrogen) atoms. The average molecular weight is 522 g/mol. The molecule has 1 aliphatic heterocycles. The smallest absolute Gasteiger partial charge is 0.191 e. The number of nitrogens with zero attached hydrogens (tertiary/aromatic N) is 2. The van der Waals surface area contributed by atoms with Gasteiger partial charge in [-0.15, -0.1) is 24.0 Å². The van der Waals surface area contributed by atoms with Crippen LogP contribution in [0.3, 0.4) is 0 Å². The molecule has 0 spiro atoms. The lowest BCUT2D eigenvalue weighted by Crippen LogP contribution is -2.38. The molecule has 2 aromatic rings. The second-order valence-electron chi connectivity index (χ2n) is 7.64. The molecule has 0 bridgehead atoms. The first kappa shape index (κ1) is 24.5. The molecule has 0 aromatic heterocycles. The quantitative estimate of drug-likeness (QED) is 0.281. The minimum atomic E-state index is 0. The number of hydrogen-bond donors (Lipinski definition) is 3. The van der Waals surface area contributed by atoms with Gasteiger partial charge in [0, 0.05) is 38.5 Å². The summed E-state index contributed by atoms with van der Waals surface area (Å²) in [4.78, 5) is 7.14. The lowest BCUT2D eigenvalue weighted by Gasteiger charge is -2.32.